The SMILES string of the molecule is NC(=O)Nc1cc(Cl)ccc1OCC(O)C1CCN(Cc2ccc(Cl)c(F)c2)CC1. The highest BCUT2D eigenvalue weighted by atomic mass is 35.5. The molecule has 0 spiro atoms. The van der Waals surface area contributed by atoms with E-state index < -0.39 is 18.0 Å². The lowest BCUT2D eigenvalue weighted by molar-refractivity contribution is 0.0246. The van der Waals surface area contributed by atoms with Crippen molar-refractivity contribution in [3.8, 4) is 5.75 Å². The Labute approximate surface area is 184 Å². The summed E-state index contributed by atoms with van der Waals surface area (Å²) in [7, 11) is 0. The van der Waals surface area contributed by atoms with Gasteiger partial charge in [-0.2, -0.15) is 0 Å². The molecule has 0 radical (unpaired) electrons. The summed E-state index contributed by atoms with van der Waals surface area (Å²) in [6.45, 7) is 2.31. The number of benzene rings is 2. The molecule has 1 saturated heterocycles. The zero-order chi connectivity index (χ0) is 21.7. The molecule has 2 aromatic carbocycles. The summed E-state index contributed by atoms with van der Waals surface area (Å²) in [6.07, 6.45) is 0.943. The number of aliphatic hydroxyl groups is 1. The number of nitrogens with zero attached hydrogens (tertiary/aromatic N) is 1. The lowest BCUT2D eigenvalue weighted by Gasteiger charge is -2.34. The number of rotatable bonds is 7. The van der Waals surface area contributed by atoms with Gasteiger partial charge in [-0.3, -0.25) is 4.90 Å². The molecule has 0 bridgehead atoms. The van der Waals surface area contributed by atoms with Gasteiger partial charge in [-0.25, -0.2) is 9.18 Å². The molecule has 1 fully saturated rings. The topological polar surface area (TPSA) is 87.8 Å². The van der Waals surface area contributed by atoms with Crippen LogP contribution in [-0.2, 0) is 6.54 Å². The number of anilines is 1. The van der Waals surface area contributed by atoms with Gasteiger partial charge in [-0.1, -0.05) is 29.3 Å². The number of urea groups is 1. The van der Waals surface area contributed by atoms with Crippen LogP contribution in [0.4, 0.5) is 14.9 Å². The van der Waals surface area contributed by atoms with E-state index in [1.54, 1.807) is 18.2 Å². The monoisotopic (exact) mass is 455 g/mol. The lowest BCUT2D eigenvalue weighted by atomic mass is 9.91. The minimum atomic E-state index is -0.726. The molecule has 2 amide bonds. The molecular weight excluding hydrogens is 432 g/mol. The predicted molar refractivity (Wildman–Crippen MR) is 116 cm³/mol. The van der Waals surface area contributed by atoms with Crippen molar-refractivity contribution in [3.63, 3.8) is 0 Å². The zero-order valence-corrected chi connectivity index (χ0v) is 17.8. The largest absolute Gasteiger partial charge is 0.489 e. The highest BCUT2D eigenvalue weighted by Crippen LogP contribution is 2.29. The van der Waals surface area contributed by atoms with E-state index in [1.807, 2.05) is 6.07 Å². The van der Waals surface area contributed by atoms with Crippen LogP contribution in [0.25, 0.3) is 0 Å². The van der Waals surface area contributed by atoms with Crippen LogP contribution in [0.15, 0.2) is 36.4 Å². The molecule has 30 heavy (non-hydrogen) atoms. The maximum absolute atomic E-state index is 13.6. The Balaban J connectivity index is 1.49. The van der Waals surface area contributed by atoms with E-state index >= 15 is 0 Å². The van der Waals surface area contributed by atoms with Gasteiger partial charge in [0.1, 0.15) is 18.2 Å². The van der Waals surface area contributed by atoms with Gasteiger partial charge in [0, 0.05) is 11.6 Å². The maximum atomic E-state index is 13.6. The normalized spacial score (nSPS) is 16.3. The van der Waals surface area contributed by atoms with Crippen LogP contribution in [0, 0.1) is 11.7 Å². The van der Waals surface area contributed by atoms with Gasteiger partial charge in [0.15, 0.2) is 0 Å². The van der Waals surface area contributed by atoms with Crippen LogP contribution in [0.5, 0.6) is 5.75 Å². The van der Waals surface area contributed by atoms with Gasteiger partial charge in [-0.05, 0) is 67.7 Å². The number of hydrogen-bond acceptors (Lipinski definition) is 4. The van der Waals surface area contributed by atoms with Crippen LogP contribution in [0.3, 0.4) is 0 Å². The molecule has 2 aromatic rings. The number of carbonyl (C=O) groups excluding carboxylic acids is 1. The second-order valence-electron chi connectivity index (χ2n) is 7.37. The van der Waals surface area contributed by atoms with Crippen molar-refractivity contribution >= 4 is 34.9 Å². The molecule has 1 aliphatic rings. The van der Waals surface area contributed by atoms with Crippen LogP contribution in [0.2, 0.25) is 10.0 Å². The number of halogens is 3. The molecule has 0 aromatic heterocycles. The Morgan fingerprint density at radius 3 is 2.67 bits per heavy atom. The predicted octanol–water partition coefficient (Wildman–Crippen LogP) is 4.28. The Morgan fingerprint density at radius 1 is 1.27 bits per heavy atom. The number of nitrogens with one attached hydrogen (secondary N) is 1. The van der Waals surface area contributed by atoms with E-state index in [1.165, 1.54) is 12.1 Å². The van der Waals surface area contributed by atoms with E-state index in [0.717, 1.165) is 31.5 Å². The lowest BCUT2D eigenvalue weighted by Crippen LogP contribution is -2.39. The van der Waals surface area contributed by atoms with Gasteiger partial charge < -0.3 is 20.9 Å². The third kappa shape index (κ3) is 6.22. The summed E-state index contributed by atoms with van der Waals surface area (Å²) in [4.78, 5) is 13.4. The zero-order valence-electron chi connectivity index (χ0n) is 16.3. The molecular formula is C21H24Cl2FN3O3. The van der Waals surface area contributed by atoms with Gasteiger partial charge in [-0.15, -0.1) is 0 Å². The first-order valence-corrected chi connectivity index (χ1v) is 10.4. The first-order valence-electron chi connectivity index (χ1n) is 9.65. The van der Waals surface area contributed by atoms with Crippen molar-refractivity contribution in [2.24, 2.45) is 11.7 Å². The van der Waals surface area contributed by atoms with Crippen LogP contribution in [0.1, 0.15) is 18.4 Å². The molecule has 9 heteroatoms. The van der Waals surface area contributed by atoms with E-state index in [4.69, 9.17) is 33.7 Å². The second kappa shape index (κ2) is 10.3. The van der Waals surface area contributed by atoms with Crippen LogP contribution in [-0.4, -0.2) is 41.8 Å². The van der Waals surface area contributed by atoms with Crippen molar-refractivity contribution in [2.75, 3.05) is 25.0 Å². The third-order valence-corrected chi connectivity index (χ3v) is 5.72. The van der Waals surface area contributed by atoms with Crippen LogP contribution >= 0.6 is 23.2 Å². The Kier molecular flexibility index (Phi) is 7.77. The van der Waals surface area contributed by atoms with Gasteiger partial charge >= 0.3 is 6.03 Å². The van der Waals surface area contributed by atoms with Crippen LogP contribution < -0.4 is 15.8 Å². The number of piperidine rings is 1. The van der Waals surface area contributed by atoms with E-state index in [0.29, 0.717) is 23.0 Å². The molecule has 6 nitrogen and oxygen atoms in total. The van der Waals surface area contributed by atoms with Gasteiger partial charge in [0.25, 0.3) is 0 Å². The average Bonchev–Trinajstić information content (AvgIpc) is 2.70. The number of aliphatic hydroxyl groups excluding tert-OH is 1. The first-order chi connectivity index (χ1) is 14.3. The number of likely N-dealkylation sites (tertiary alicyclic amines) is 1. The Morgan fingerprint density at radius 2 is 2.00 bits per heavy atom. The summed E-state index contributed by atoms with van der Waals surface area (Å²) in [6, 6.07) is 8.91. The fourth-order valence-electron chi connectivity index (χ4n) is 3.56. The van der Waals surface area contributed by atoms with Gasteiger partial charge in [0.05, 0.1) is 16.8 Å². The highest BCUT2D eigenvalue weighted by Gasteiger charge is 2.26. The number of hydrogen-bond donors (Lipinski definition) is 3. The standard InChI is InChI=1S/C21H24Cl2FN3O3/c22-15-2-4-20(18(10-15)26-21(25)29)30-12-19(28)14-5-7-27(8-6-14)11-13-1-3-16(23)17(24)9-13/h1-4,9-10,14,19,28H,5-8,11-12H2,(H3,25,26,29). The maximum Gasteiger partial charge on any atom is 0.316 e. The fraction of sp³-hybridized carbons (Fsp3) is 0.381. The molecule has 1 atom stereocenters. The molecule has 162 valence electrons. The third-order valence-electron chi connectivity index (χ3n) is 5.18. The molecule has 0 aliphatic carbocycles. The van der Waals surface area contributed by atoms with E-state index in [9.17, 15) is 14.3 Å². The van der Waals surface area contributed by atoms with Crippen molar-refractivity contribution in [1.82, 2.24) is 4.90 Å². The summed E-state index contributed by atoms with van der Waals surface area (Å²) >= 11 is 11.7. The number of ether oxygens (including phenoxy) is 1. The molecule has 1 aliphatic heterocycles. The number of amides is 2. The molecule has 1 unspecified atom stereocenters. The molecule has 3 rings (SSSR count). The second-order valence-corrected chi connectivity index (χ2v) is 8.21. The summed E-state index contributed by atoms with van der Waals surface area (Å²) in [5, 5.41) is 13.6. The number of nitrogens with two attached hydrogens (primary N) is 1. The smallest absolute Gasteiger partial charge is 0.316 e. The summed E-state index contributed by atoms with van der Waals surface area (Å²) < 4.78 is 19.3. The van der Waals surface area contributed by atoms with E-state index in [2.05, 4.69) is 10.2 Å². The van der Waals surface area contributed by atoms with Crippen molar-refractivity contribution < 1.29 is 19.0 Å². The minimum absolute atomic E-state index is 0.0855. The van der Waals surface area contributed by atoms with Crippen molar-refractivity contribution in [3.05, 3.63) is 57.8 Å². The Bertz CT molecular complexity index is 892. The average molecular weight is 456 g/mol. The minimum Gasteiger partial charge on any atom is -0.489 e. The first kappa shape index (κ1) is 22.6. The number of carbonyl (C=O) groups is 1. The van der Waals surface area contributed by atoms with Gasteiger partial charge in [0.2, 0.25) is 0 Å². The highest BCUT2D eigenvalue weighted by molar-refractivity contribution is 6.31. The summed E-state index contributed by atoms with van der Waals surface area (Å²) in [5.74, 6) is 0.0616. The number of primary amides is 1. The molecule has 0 saturated carbocycles. The Hall–Kier alpha value is -2.06. The fourth-order valence-corrected chi connectivity index (χ4v) is 3.85. The molecule has 1 heterocycles. The van der Waals surface area contributed by atoms with E-state index in [-0.39, 0.29) is 17.5 Å². The molecule has 4 N–H and O–H groups in total. The van der Waals surface area contributed by atoms with Crippen molar-refractivity contribution in [2.45, 2.75) is 25.5 Å². The quantitative estimate of drug-likeness (QED) is 0.581. The van der Waals surface area contributed by atoms with Crippen molar-refractivity contribution in [1.29, 1.82) is 0 Å². The summed E-state index contributed by atoms with van der Waals surface area (Å²) in [5.41, 5.74) is 6.40.